The first-order valence-corrected chi connectivity index (χ1v) is 8.85. The molecule has 1 aromatic heterocycles. The van der Waals surface area contributed by atoms with Crippen molar-refractivity contribution in [3.05, 3.63) is 29.8 Å². The van der Waals surface area contributed by atoms with Crippen molar-refractivity contribution in [1.82, 2.24) is 14.3 Å². The van der Waals surface area contributed by atoms with E-state index in [2.05, 4.69) is 9.71 Å². The monoisotopic (exact) mass is 333 g/mol. The van der Waals surface area contributed by atoms with Gasteiger partial charge in [0.2, 0.25) is 10.0 Å². The van der Waals surface area contributed by atoms with Crippen LogP contribution in [-0.4, -0.2) is 30.8 Å². The topological polar surface area (TPSA) is 64.0 Å². The highest BCUT2D eigenvalue weighted by Crippen LogP contribution is 2.25. The quantitative estimate of drug-likeness (QED) is 0.652. The Hall–Kier alpha value is -1.18. The number of benzene rings is 1. The van der Waals surface area contributed by atoms with E-state index in [4.69, 9.17) is 11.6 Å². The fourth-order valence-corrected chi connectivity index (χ4v) is 2.84. The third-order valence-electron chi connectivity index (χ3n) is 3.02. The van der Waals surface area contributed by atoms with Crippen molar-refractivity contribution in [2.75, 3.05) is 12.8 Å². The molecule has 0 amide bonds. The van der Waals surface area contributed by atoms with Crippen molar-refractivity contribution < 1.29 is 12.8 Å². The summed E-state index contributed by atoms with van der Waals surface area (Å²) in [4.78, 5) is 4.35. The number of imidazole rings is 1. The molecule has 21 heavy (non-hydrogen) atoms. The normalized spacial score (nSPS) is 13.7. The fourth-order valence-electron chi connectivity index (χ4n) is 2.15. The molecule has 5 nitrogen and oxygen atoms in total. The van der Waals surface area contributed by atoms with E-state index in [9.17, 15) is 12.8 Å². The van der Waals surface area contributed by atoms with Crippen molar-refractivity contribution in [3.63, 3.8) is 0 Å². The number of alkyl halides is 1. The van der Waals surface area contributed by atoms with Crippen LogP contribution < -0.4 is 4.72 Å². The van der Waals surface area contributed by atoms with Gasteiger partial charge in [0.05, 0.1) is 22.7 Å². The van der Waals surface area contributed by atoms with Gasteiger partial charge in [-0.3, -0.25) is 0 Å². The number of aryl methyl sites for hydroxylation is 1. The number of hydrogen-bond donors (Lipinski definition) is 1. The Labute approximate surface area is 128 Å². The lowest BCUT2D eigenvalue weighted by Gasteiger charge is -2.10. The van der Waals surface area contributed by atoms with Gasteiger partial charge >= 0.3 is 0 Å². The summed E-state index contributed by atoms with van der Waals surface area (Å²) in [5, 5.41) is -0.316. The van der Waals surface area contributed by atoms with Crippen molar-refractivity contribution in [1.29, 1.82) is 0 Å². The second kappa shape index (κ2) is 6.29. The minimum absolute atomic E-state index is 0.316. The standard InChI is InChI=1S/C13H17ClFN3O2S/c1-9(14)13-17-11-8-10(15)4-5-12(11)18(13)7-3-6-16-21(2,19)20/h4-5,8-9,16H,3,6-7H2,1-2H3. The molecule has 2 rings (SSSR count). The largest absolute Gasteiger partial charge is 0.327 e. The molecule has 0 saturated carbocycles. The molecule has 0 fully saturated rings. The summed E-state index contributed by atoms with van der Waals surface area (Å²) in [5.41, 5.74) is 1.34. The first-order chi connectivity index (χ1) is 9.78. The van der Waals surface area contributed by atoms with Crippen LogP contribution in [0.3, 0.4) is 0 Å². The molecular formula is C13H17ClFN3O2S. The Morgan fingerprint density at radius 1 is 1.48 bits per heavy atom. The lowest BCUT2D eigenvalue weighted by atomic mass is 10.3. The van der Waals surface area contributed by atoms with Crippen LogP contribution >= 0.6 is 11.6 Å². The summed E-state index contributed by atoms with van der Waals surface area (Å²) >= 11 is 6.12. The molecule has 0 bridgehead atoms. The number of rotatable bonds is 6. The van der Waals surface area contributed by atoms with Crippen LogP contribution in [0, 0.1) is 5.82 Å². The summed E-state index contributed by atoms with van der Waals surface area (Å²) in [7, 11) is -3.19. The van der Waals surface area contributed by atoms with Crippen molar-refractivity contribution in [3.8, 4) is 0 Å². The second-order valence-corrected chi connectivity index (χ2v) is 7.38. The number of nitrogens with one attached hydrogen (secondary N) is 1. The predicted molar refractivity (Wildman–Crippen MR) is 81.4 cm³/mol. The average molecular weight is 334 g/mol. The summed E-state index contributed by atoms with van der Waals surface area (Å²) in [6.07, 6.45) is 1.71. The second-order valence-electron chi connectivity index (χ2n) is 4.89. The minimum Gasteiger partial charge on any atom is -0.327 e. The molecule has 0 aliphatic heterocycles. The van der Waals surface area contributed by atoms with Gasteiger partial charge < -0.3 is 4.57 Å². The number of fused-ring (bicyclic) bond motifs is 1. The van der Waals surface area contributed by atoms with Crippen LogP contribution in [0.2, 0.25) is 0 Å². The van der Waals surface area contributed by atoms with Gasteiger partial charge in [-0.2, -0.15) is 0 Å². The molecular weight excluding hydrogens is 317 g/mol. The van der Waals surface area contributed by atoms with Gasteiger partial charge in [0.15, 0.2) is 0 Å². The van der Waals surface area contributed by atoms with Crippen molar-refractivity contribution >= 4 is 32.7 Å². The van der Waals surface area contributed by atoms with Crippen LogP contribution in [0.1, 0.15) is 24.5 Å². The lowest BCUT2D eigenvalue weighted by molar-refractivity contribution is 0.573. The average Bonchev–Trinajstić information content (AvgIpc) is 2.71. The molecule has 2 aromatic rings. The Balaban J connectivity index is 2.22. The van der Waals surface area contributed by atoms with Crippen LogP contribution in [0.4, 0.5) is 4.39 Å². The molecule has 1 N–H and O–H groups in total. The van der Waals surface area contributed by atoms with Gasteiger partial charge in [0.1, 0.15) is 11.6 Å². The highest BCUT2D eigenvalue weighted by molar-refractivity contribution is 7.88. The van der Waals surface area contributed by atoms with Crippen LogP contribution in [0.15, 0.2) is 18.2 Å². The van der Waals surface area contributed by atoms with E-state index in [-0.39, 0.29) is 11.2 Å². The number of hydrogen-bond acceptors (Lipinski definition) is 3. The number of sulfonamides is 1. The van der Waals surface area contributed by atoms with Gasteiger partial charge in [-0.25, -0.2) is 22.5 Å². The molecule has 1 heterocycles. The maximum atomic E-state index is 13.3. The number of nitrogens with zero attached hydrogens (tertiary/aromatic N) is 2. The van der Waals surface area contributed by atoms with Gasteiger partial charge in [-0.05, 0) is 25.5 Å². The number of halogens is 2. The summed E-state index contributed by atoms with van der Waals surface area (Å²) < 4.78 is 39.6. The van der Waals surface area contributed by atoms with E-state index in [1.54, 1.807) is 13.0 Å². The Morgan fingerprint density at radius 3 is 2.81 bits per heavy atom. The lowest BCUT2D eigenvalue weighted by Crippen LogP contribution is -2.24. The van der Waals surface area contributed by atoms with Crippen LogP contribution in [-0.2, 0) is 16.6 Å². The Kier molecular flexibility index (Phi) is 4.85. The van der Waals surface area contributed by atoms with E-state index < -0.39 is 10.0 Å². The first kappa shape index (κ1) is 16.2. The van der Waals surface area contributed by atoms with Gasteiger partial charge in [-0.1, -0.05) is 0 Å². The van der Waals surface area contributed by atoms with Gasteiger partial charge in [0, 0.05) is 19.2 Å². The molecule has 1 atom stereocenters. The molecule has 1 aromatic carbocycles. The molecule has 0 aliphatic carbocycles. The summed E-state index contributed by atoms with van der Waals surface area (Å²) in [5.74, 6) is 0.302. The maximum absolute atomic E-state index is 13.3. The smallest absolute Gasteiger partial charge is 0.208 e. The first-order valence-electron chi connectivity index (χ1n) is 6.52. The number of aromatic nitrogens is 2. The zero-order valence-corrected chi connectivity index (χ0v) is 13.4. The zero-order valence-electron chi connectivity index (χ0n) is 11.8. The van der Waals surface area contributed by atoms with Gasteiger partial charge in [-0.15, -0.1) is 11.6 Å². The zero-order chi connectivity index (χ0) is 15.6. The van der Waals surface area contributed by atoms with E-state index in [0.717, 1.165) is 11.8 Å². The summed E-state index contributed by atoms with van der Waals surface area (Å²) in [6.45, 7) is 2.68. The van der Waals surface area contributed by atoms with Gasteiger partial charge in [0.25, 0.3) is 0 Å². The minimum atomic E-state index is -3.19. The summed E-state index contributed by atoms with van der Waals surface area (Å²) in [6, 6.07) is 4.39. The van der Waals surface area contributed by atoms with Crippen molar-refractivity contribution in [2.45, 2.75) is 25.3 Å². The third kappa shape index (κ3) is 4.15. The molecule has 8 heteroatoms. The molecule has 116 valence electrons. The highest BCUT2D eigenvalue weighted by atomic mass is 35.5. The van der Waals surface area contributed by atoms with E-state index in [0.29, 0.717) is 30.9 Å². The van der Waals surface area contributed by atoms with E-state index >= 15 is 0 Å². The maximum Gasteiger partial charge on any atom is 0.208 e. The molecule has 0 saturated heterocycles. The van der Waals surface area contributed by atoms with E-state index in [1.165, 1.54) is 12.1 Å². The molecule has 1 unspecified atom stereocenters. The molecule has 0 spiro atoms. The molecule has 0 radical (unpaired) electrons. The Bertz CT molecular complexity index is 743. The van der Waals surface area contributed by atoms with Crippen molar-refractivity contribution in [2.24, 2.45) is 0 Å². The van der Waals surface area contributed by atoms with E-state index in [1.807, 2.05) is 4.57 Å². The molecule has 0 aliphatic rings. The SMILES string of the molecule is CC(Cl)c1nc2cc(F)ccc2n1CCCNS(C)(=O)=O. The highest BCUT2D eigenvalue weighted by Gasteiger charge is 2.15. The third-order valence-corrected chi connectivity index (χ3v) is 3.94. The van der Waals surface area contributed by atoms with Crippen LogP contribution in [0.25, 0.3) is 11.0 Å². The van der Waals surface area contributed by atoms with Crippen LogP contribution in [0.5, 0.6) is 0 Å². The predicted octanol–water partition coefficient (Wildman–Crippen LogP) is 2.41. The fraction of sp³-hybridized carbons (Fsp3) is 0.462. The Morgan fingerprint density at radius 2 is 2.19 bits per heavy atom.